The molecular formula is C23H23F3N2O5. The monoisotopic (exact) mass is 464 g/mol. The molecule has 10 heteroatoms. The summed E-state index contributed by atoms with van der Waals surface area (Å²) >= 11 is 0. The molecule has 3 rings (SSSR count). The van der Waals surface area contributed by atoms with Crippen LogP contribution in [0.4, 0.5) is 18.9 Å². The lowest BCUT2D eigenvalue weighted by Crippen LogP contribution is -2.28. The maximum absolute atomic E-state index is 12.8. The smallest absolute Gasteiger partial charge is 0.491 e. The SMILES string of the molecule is CC(Cc1cccc(OC(C)C)c1)Nc1ccc(-c2cc(=O)[nH]o2)cc1OC(=O)C(F)(F)F. The summed E-state index contributed by atoms with van der Waals surface area (Å²) in [5, 5.41) is 5.17. The third kappa shape index (κ3) is 6.64. The molecule has 0 aliphatic heterocycles. The van der Waals surface area contributed by atoms with Crippen LogP contribution in [0.2, 0.25) is 0 Å². The van der Waals surface area contributed by atoms with Crippen LogP contribution < -0.4 is 20.3 Å². The van der Waals surface area contributed by atoms with E-state index in [1.165, 1.54) is 18.2 Å². The third-order valence-electron chi connectivity index (χ3n) is 4.44. The van der Waals surface area contributed by atoms with Crippen molar-refractivity contribution in [2.24, 2.45) is 0 Å². The van der Waals surface area contributed by atoms with E-state index in [1.807, 2.05) is 45.0 Å². The van der Waals surface area contributed by atoms with Crippen molar-refractivity contribution in [3.05, 3.63) is 64.4 Å². The van der Waals surface area contributed by atoms with Gasteiger partial charge in [-0.1, -0.05) is 12.1 Å². The maximum Gasteiger partial charge on any atom is 0.491 e. The van der Waals surface area contributed by atoms with Gasteiger partial charge in [-0.3, -0.25) is 4.79 Å². The zero-order chi connectivity index (χ0) is 24.2. The summed E-state index contributed by atoms with van der Waals surface area (Å²) < 4.78 is 53.7. The summed E-state index contributed by atoms with van der Waals surface area (Å²) in [5.74, 6) is -1.90. The minimum atomic E-state index is -5.17. The van der Waals surface area contributed by atoms with Crippen molar-refractivity contribution < 1.29 is 32.0 Å². The van der Waals surface area contributed by atoms with Crippen molar-refractivity contribution in [3.63, 3.8) is 0 Å². The molecule has 1 atom stereocenters. The first-order valence-electron chi connectivity index (χ1n) is 10.2. The molecule has 0 amide bonds. The molecule has 1 unspecified atom stereocenters. The second-order valence-electron chi connectivity index (χ2n) is 7.74. The lowest BCUT2D eigenvalue weighted by Gasteiger charge is -2.19. The number of hydrogen-bond acceptors (Lipinski definition) is 6. The summed E-state index contributed by atoms with van der Waals surface area (Å²) in [4.78, 5) is 22.8. The molecule has 176 valence electrons. The number of aromatic amines is 1. The predicted octanol–water partition coefficient (Wildman–Crippen LogP) is 4.93. The zero-order valence-electron chi connectivity index (χ0n) is 18.2. The van der Waals surface area contributed by atoms with Gasteiger partial charge in [0.2, 0.25) is 0 Å². The minimum absolute atomic E-state index is 0.0182. The molecule has 3 aromatic rings. The lowest BCUT2D eigenvalue weighted by molar-refractivity contribution is -0.189. The molecule has 0 spiro atoms. The highest BCUT2D eigenvalue weighted by molar-refractivity contribution is 5.81. The van der Waals surface area contributed by atoms with E-state index >= 15 is 0 Å². The number of ether oxygens (including phenoxy) is 2. The summed E-state index contributed by atoms with van der Waals surface area (Å²) in [5.41, 5.74) is 0.873. The van der Waals surface area contributed by atoms with Crippen molar-refractivity contribution >= 4 is 11.7 Å². The van der Waals surface area contributed by atoms with Gasteiger partial charge < -0.3 is 19.3 Å². The number of H-pyrrole nitrogens is 1. The highest BCUT2D eigenvalue weighted by Crippen LogP contribution is 2.33. The van der Waals surface area contributed by atoms with Crippen LogP contribution in [-0.2, 0) is 11.2 Å². The predicted molar refractivity (Wildman–Crippen MR) is 115 cm³/mol. The Morgan fingerprint density at radius 3 is 2.52 bits per heavy atom. The number of anilines is 1. The maximum atomic E-state index is 12.8. The van der Waals surface area contributed by atoms with Crippen LogP contribution in [0.3, 0.4) is 0 Å². The van der Waals surface area contributed by atoms with E-state index in [4.69, 9.17) is 9.26 Å². The lowest BCUT2D eigenvalue weighted by atomic mass is 10.1. The van der Waals surface area contributed by atoms with Crippen LogP contribution in [0.5, 0.6) is 11.5 Å². The molecule has 1 heterocycles. The number of benzene rings is 2. The highest BCUT2D eigenvalue weighted by atomic mass is 19.4. The first-order valence-corrected chi connectivity index (χ1v) is 10.2. The summed E-state index contributed by atoms with van der Waals surface area (Å²) in [6, 6.07) is 12.6. The molecule has 0 aliphatic rings. The van der Waals surface area contributed by atoms with Gasteiger partial charge in [0.15, 0.2) is 11.5 Å². The third-order valence-corrected chi connectivity index (χ3v) is 4.44. The van der Waals surface area contributed by atoms with Gasteiger partial charge in [0.05, 0.1) is 17.9 Å². The molecule has 0 radical (unpaired) electrons. The fraction of sp³-hybridized carbons (Fsp3) is 0.304. The van der Waals surface area contributed by atoms with Crippen LogP contribution in [0.1, 0.15) is 26.3 Å². The number of carbonyl (C=O) groups is 1. The van der Waals surface area contributed by atoms with Gasteiger partial charge in [-0.15, -0.1) is 0 Å². The number of alkyl halides is 3. The van der Waals surface area contributed by atoms with Gasteiger partial charge in [-0.2, -0.15) is 18.3 Å². The van der Waals surface area contributed by atoms with Crippen LogP contribution in [0, 0.1) is 0 Å². The quantitative estimate of drug-likeness (QED) is 0.363. The van der Waals surface area contributed by atoms with Gasteiger partial charge in [-0.05, 0) is 63.1 Å². The molecule has 0 bridgehead atoms. The zero-order valence-corrected chi connectivity index (χ0v) is 18.2. The average Bonchev–Trinajstić information content (AvgIpc) is 3.14. The van der Waals surface area contributed by atoms with Gasteiger partial charge in [0.25, 0.3) is 5.56 Å². The van der Waals surface area contributed by atoms with Crippen molar-refractivity contribution in [2.75, 3.05) is 5.32 Å². The highest BCUT2D eigenvalue weighted by Gasteiger charge is 2.41. The van der Waals surface area contributed by atoms with Gasteiger partial charge in [0, 0.05) is 11.6 Å². The normalized spacial score (nSPS) is 12.5. The standard InChI is InChI=1S/C23H23F3N2O5/c1-13(2)31-17-6-4-5-15(10-17)9-14(3)27-18-8-7-16(19-12-21(29)28-33-19)11-20(18)32-22(30)23(24,25)26/h4-8,10-14,27H,9H2,1-3H3,(H,28,29). The van der Waals surface area contributed by atoms with Crippen molar-refractivity contribution in [1.29, 1.82) is 0 Å². The Labute approximate surface area is 187 Å². The van der Waals surface area contributed by atoms with E-state index in [0.717, 1.165) is 11.6 Å². The van der Waals surface area contributed by atoms with Crippen LogP contribution >= 0.6 is 0 Å². The van der Waals surface area contributed by atoms with Crippen molar-refractivity contribution in [3.8, 4) is 22.8 Å². The van der Waals surface area contributed by atoms with Gasteiger partial charge >= 0.3 is 12.1 Å². The Balaban J connectivity index is 1.83. The van der Waals surface area contributed by atoms with Gasteiger partial charge in [-0.25, -0.2) is 4.79 Å². The Kier molecular flexibility index (Phi) is 7.15. The largest absolute Gasteiger partial charge is 0.491 e. The first-order chi connectivity index (χ1) is 15.5. The fourth-order valence-corrected chi connectivity index (χ4v) is 3.15. The second-order valence-corrected chi connectivity index (χ2v) is 7.74. The first kappa shape index (κ1) is 24.0. The number of nitrogens with one attached hydrogen (secondary N) is 2. The van der Waals surface area contributed by atoms with E-state index < -0.39 is 17.7 Å². The molecule has 33 heavy (non-hydrogen) atoms. The van der Waals surface area contributed by atoms with Crippen LogP contribution in [-0.4, -0.2) is 29.4 Å². The molecule has 2 N–H and O–H groups in total. The fourth-order valence-electron chi connectivity index (χ4n) is 3.15. The number of aromatic nitrogens is 1. The Morgan fingerprint density at radius 1 is 1.12 bits per heavy atom. The molecule has 0 aliphatic carbocycles. The van der Waals surface area contributed by atoms with Crippen molar-refractivity contribution in [2.45, 2.75) is 45.5 Å². The average molecular weight is 464 g/mol. The molecule has 2 aromatic carbocycles. The number of esters is 1. The van der Waals surface area contributed by atoms with E-state index in [2.05, 4.69) is 15.2 Å². The van der Waals surface area contributed by atoms with Crippen molar-refractivity contribution in [1.82, 2.24) is 5.16 Å². The van der Waals surface area contributed by atoms with E-state index in [-0.39, 0.29) is 34.9 Å². The molecular weight excluding hydrogens is 441 g/mol. The van der Waals surface area contributed by atoms with Gasteiger partial charge in [0.1, 0.15) is 5.75 Å². The summed E-state index contributed by atoms with van der Waals surface area (Å²) in [7, 11) is 0. The molecule has 7 nitrogen and oxygen atoms in total. The number of hydrogen-bond donors (Lipinski definition) is 2. The van der Waals surface area contributed by atoms with E-state index in [9.17, 15) is 22.8 Å². The molecule has 0 fully saturated rings. The summed E-state index contributed by atoms with van der Waals surface area (Å²) in [6.45, 7) is 5.68. The number of halogens is 3. The topological polar surface area (TPSA) is 93.6 Å². The summed E-state index contributed by atoms with van der Waals surface area (Å²) in [6.07, 6.45) is -4.63. The number of carbonyl (C=O) groups excluding carboxylic acids is 1. The molecule has 0 saturated carbocycles. The minimum Gasteiger partial charge on any atom is -0.491 e. The molecule has 0 saturated heterocycles. The Hall–Kier alpha value is -3.69. The molecule has 1 aromatic heterocycles. The van der Waals surface area contributed by atoms with Crippen LogP contribution in [0.15, 0.2) is 57.8 Å². The van der Waals surface area contributed by atoms with E-state index in [1.54, 1.807) is 0 Å². The van der Waals surface area contributed by atoms with Crippen LogP contribution in [0.25, 0.3) is 11.3 Å². The van der Waals surface area contributed by atoms with E-state index in [0.29, 0.717) is 12.2 Å². The Bertz CT molecular complexity index is 1170. The second kappa shape index (κ2) is 9.85. The Morgan fingerprint density at radius 2 is 1.88 bits per heavy atom. The number of rotatable bonds is 8.